The lowest BCUT2D eigenvalue weighted by molar-refractivity contribution is 0.0938. The molecule has 2 aromatic rings. The number of hydrogen-bond donors (Lipinski definition) is 2. The summed E-state index contributed by atoms with van der Waals surface area (Å²) in [7, 11) is 1.74. The molecule has 1 heterocycles. The maximum atomic E-state index is 12.3. The maximum absolute atomic E-state index is 12.3. The Morgan fingerprint density at radius 2 is 1.73 bits per heavy atom. The van der Waals surface area contributed by atoms with Crippen LogP contribution in [0.25, 0.3) is 0 Å². The topological polar surface area (TPSA) is 74.3 Å². The van der Waals surface area contributed by atoms with Gasteiger partial charge in [0.2, 0.25) is 0 Å². The minimum Gasteiger partial charge on any atom is -0.349 e. The van der Waals surface area contributed by atoms with Gasteiger partial charge in [0.15, 0.2) is 0 Å². The van der Waals surface area contributed by atoms with E-state index in [0.29, 0.717) is 23.8 Å². The summed E-state index contributed by atoms with van der Waals surface area (Å²) >= 11 is 0. The van der Waals surface area contributed by atoms with Gasteiger partial charge >= 0.3 is 6.03 Å². The minimum absolute atomic E-state index is 0.0513. The number of hydrogen-bond acceptors (Lipinski definition) is 3. The van der Waals surface area contributed by atoms with E-state index >= 15 is 0 Å². The molecule has 1 aromatic heterocycles. The highest BCUT2D eigenvalue weighted by Gasteiger charge is 2.18. The van der Waals surface area contributed by atoms with Crippen LogP contribution in [0.5, 0.6) is 0 Å². The predicted octanol–water partition coefficient (Wildman–Crippen LogP) is 3.42. The third-order valence-electron chi connectivity index (χ3n) is 4.60. The molecule has 0 spiro atoms. The standard InChI is InChI=1S/C20H24N4O2/c1-24(14-15-10-12-21-13-11-15)20(26)23-18-8-6-16(7-9-18)19(25)22-17-4-2-3-5-17/h6-13,17H,2-5,14H2,1H3,(H,22,25)(H,23,26). The lowest BCUT2D eigenvalue weighted by Gasteiger charge is -2.18. The molecule has 0 radical (unpaired) electrons. The van der Waals surface area contributed by atoms with Crippen molar-refractivity contribution in [1.82, 2.24) is 15.2 Å². The molecule has 0 saturated heterocycles. The number of aromatic nitrogens is 1. The summed E-state index contributed by atoms with van der Waals surface area (Å²) in [6.07, 6.45) is 7.89. The van der Waals surface area contributed by atoms with Gasteiger partial charge in [0.1, 0.15) is 0 Å². The van der Waals surface area contributed by atoms with E-state index in [9.17, 15) is 9.59 Å². The monoisotopic (exact) mass is 352 g/mol. The van der Waals surface area contributed by atoms with Crippen LogP contribution in [0.2, 0.25) is 0 Å². The molecular weight excluding hydrogens is 328 g/mol. The van der Waals surface area contributed by atoms with E-state index in [1.54, 1.807) is 48.6 Å². The van der Waals surface area contributed by atoms with Gasteiger partial charge in [0.25, 0.3) is 5.91 Å². The van der Waals surface area contributed by atoms with Gasteiger partial charge in [-0.25, -0.2) is 4.79 Å². The SMILES string of the molecule is CN(Cc1ccncc1)C(=O)Nc1ccc(C(=O)NC2CCCC2)cc1. The van der Waals surface area contributed by atoms with E-state index in [1.165, 1.54) is 12.8 Å². The zero-order valence-electron chi connectivity index (χ0n) is 14.9. The molecular formula is C20H24N4O2. The van der Waals surface area contributed by atoms with Crippen LogP contribution < -0.4 is 10.6 Å². The van der Waals surface area contributed by atoms with Gasteiger partial charge in [0, 0.05) is 43.3 Å². The number of urea groups is 1. The van der Waals surface area contributed by atoms with Crippen molar-refractivity contribution >= 4 is 17.6 Å². The predicted molar refractivity (Wildman–Crippen MR) is 101 cm³/mol. The summed E-state index contributed by atoms with van der Waals surface area (Å²) in [4.78, 5) is 30.1. The lowest BCUT2D eigenvalue weighted by atomic mass is 10.1. The highest BCUT2D eigenvalue weighted by Crippen LogP contribution is 2.18. The summed E-state index contributed by atoms with van der Waals surface area (Å²) < 4.78 is 0. The van der Waals surface area contributed by atoms with Crippen molar-refractivity contribution in [2.45, 2.75) is 38.3 Å². The van der Waals surface area contributed by atoms with E-state index in [0.717, 1.165) is 18.4 Å². The molecule has 0 unspecified atom stereocenters. The van der Waals surface area contributed by atoms with E-state index in [1.807, 2.05) is 12.1 Å². The smallest absolute Gasteiger partial charge is 0.321 e. The highest BCUT2D eigenvalue weighted by molar-refractivity contribution is 5.95. The summed E-state index contributed by atoms with van der Waals surface area (Å²) in [5.41, 5.74) is 2.28. The van der Waals surface area contributed by atoms with Gasteiger partial charge in [-0.2, -0.15) is 0 Å². The van der Waals surface area contributed by atoms with Crippen LogP contribution in [0, 0.1) is 0 Å². The Hall–Kier alpha value is -2.89. The molecule has 6 heteroatoms. The number of rotatable bonds is 5. The van der Waals surface area contributed by atoms with Crippen LogP contribution in [-0.2, 0) is 6.54 Å². The van der Waals surface area contributed by atoms with Crippen molar-refractivity contribution < 1.29 is 9.59 Å². The fraction of sp³-hybridized carbons (Fsp3) is 0.350. The van der Waals surface area contributed by atoms with Crippen molar-refractivity contribution in [3.63, 3.8) is 0 Å². The lowest BCUT2D eigenvalue weighted by Crippen LogP contribution is -2.32. The van der Waals surface area contributed by atoms with Gasteiger partial charge in [-0.15, -0.1) is 0 Å². The first-order valence-corrected chi connectivity index (χ1v) is 8.94. The Labute approximate surface area is 153 Å². The molecule has 0 bridgehead atoms. The molecule has 1 aliphatic rings. The van der Waals surface area contributed by atoms with Crippen LogP contribution in [0.15, 0.2) is 48.8 Å². The van der Waals surface area contributed by atoms with Gasteiger partial charge in [0.05, 0.1) is 0 Å². The van der Waals surface area contributed by atoms with E-state index < -0.39 is 0 Å². The van der Waals surface area contributed by atoms with Crippen LogP contribution in [0.3, 0.4) is 0 Å². The number of carbonyl (C=O) groups excluding carboxylic acids is 2. The first-order valence-electron chi connectivity index (χ1n) is 8.94. The molecule has 136 valence electrons. The van der Waals surface area contributed by atoms with Crippen LogP contribution in [0.1, 0.15) is 41.6 Å². The van der Waals surface area contributed by atoms with E-state index in [2.05, 4.69) is 15.6 Å². The van der Waals surface area contributed by atoms with Crippen LogP contribution in [0.4, 0.5) is 10.5 Å². The largest absolute Gasteiger partial charge is 0.349 e. The van der Waals surface area contributed by atoms with Crippen molar-refractivity contribution in [1.29, 1.82) is 0 Å². The molecule has 1 fully saturated rings. The molecule has 1 saturated carbocycles. The number of nitrogens with zero attached hydrogens (tertiary/aromatic N) is 2. The van der Waals surface area contributed by atoms with Gasteiger partial charge < -0.3 is 15.5 Å². The third-order valence-corrected chi connectivity index (χ3v) is 4.60. The molecule has 1 aromatic carbocycles. The fourth-order valence-corrected chi connectivity index (χ4v) is 3.10. The second kappa shape index (κ2) is 8.47. The zero-order chi connectivity index (χ0) is 18.4. The Balaban J connectivity index is 1.53. The van der Waals surface area contributed by atoms with Crippen molar-refractivity contribution in [3.05, 3.63) is 59.9 Å². The average molecular weight is 352 g/mol. The normalized spacial score (nSPS) is 14.0. The number of nitrogens with one attached hydrogen (secondary N) is 2. The molecule has 0 aliphatic heterocycles. The molecule has 6 nitrogen and oxygen atoms in total. The second-order valence-electron chi connectivity index (χ2n) is 6.67. The van der Waals surface area contributed by atoms with Gasteiger partial charge in [-0.3, -0.25) is 9.78 Å². The van der Waals surface area contributed by atoms with Crippen LogP contribution >= 0.6 is 0 Å². The van der Waals surface area contributed by atoms with Crippen LogP contribution in [-0.4, -0.2) is 34.9 Å². The molecule has 2 N–H and O–H groups in total. The van der Waals surface area contributed by atoms with Crippen molar-refractivity contribution in [2.75, 3.05) is 12.4 Å². The van der Waals surface area contributed by atoms with E-state index in [-0.39, 0.29) is 11.9 Å². The van der Waals surface area contributed by atoms with Gasteiger partial charge in [-0.05, 0) is 54.8 Å². The first kappa shape index (κ1) is 17.9. The fourth-order valence-electron chi connectivity index (χ4n) is 3.10. The molecule has 0 atom stereocenters. The Morgan fingerprint density at radius 1 is 1.08 bits per heavy atom. The maximum Gasteiger partial charge on any atom is 0.321 e. The van der Waals surface area contributed by atoms with Gasteiger partial charge in [-0.1, -0.05) is 12.8 Å². The average Bonchev–Trinajstić information content (AvgIpc) is 3.16. The quantitative estimate of drug-likeness (QED) is 0.866. The molecule has 26 heavy (non-hydrogen) atoms. The third kappa shape index (κ3) is 4.81. The Morgan fingerprint density at radius 3 is 2.38 bits per heavy atom. The number of benzene rings is 1. The molecule has 1 aliphatic carbocycles. The number of anilines is 1. The summed E-state index contributed by atoms with van der Waals surface area (Å²) in [5.74, 6) is -0.0513. The second-order valence-corrected chi connectivity index (χ2v) is 6.67. The Kier molecular flexibility index (Phi) is 5.84. The zero-order valence-corrected chi connectivity index (χ0v) is 14.9. The van der Waals surface area contributed by atoms with E-state index in [4.69, 9.17) is 0 Å². The summed E-state index contributed by atoms with van der Waals surface area (Å²) in [6.45, 7) is 0.496. The number of pyridine rings is 1. The van der Waals surface area contributed by atoms with Crippen molar-refractivity contribution in [2.24, 2.45) is 0 Å². The summed E-state index contributed by atoms with van der Waals surface area (Å²) in [5, 5.41) is 5.90. The highest BCUT2D eigenvalue weighted by atomic mass is 16.2. The molecule has 3 rings (SSSR count). The number of carbonyl (C=O) groups is 2. The first-order chi connectivity index (χ1) is 12.6. The summed E-state index contributed by atoms with van der Waals surface area (Å²) in [6, 6.07) is 10.8. The number of amides is 3. The minimum atomic E-state index is -0.204. The van der Waals surface area contributed by atoms with Crippen molar-refractivity contribution in [3.8, 4) is 0 Å². The Bertz CT molecular complexity index is 740. The molecule has 3 amide bonds.